The first kappa shape index (κ1) is 18.2. The minimum Gasteiger partial charge on any atom is -0.345 e. The summed E-state index contributed by atoms with van der Waals surface area (Å²) in [6.07, 6.45) is 3.55. The van der Waals surface area contributed by atoms with Gasteiger partial charge in [-0.1, -0.05) is 48.5 Å². The van der Waals surface area contributed by atoms with Crippen molar-refractivity contribution in [3.05, 3.63) is 95.3 Å². The van der Waals surface area contributed by atoms with Crippen LogP contribution < -0.4 is 5.32 Å². The van der Waals surface area contributed by atoms with E-state index in [0.29, 0.717) is 0 Å². The predicted octanol–water partition coefficient (Wildman–Crippen LogP) is 4.57. The molecule has 2 aromatic carbocycles. The third-order valence-electron chi connectivity index (χ3n) is 4.46. The van der Waals surface area contributed by atoms with Crippen molar-refractivity contribution in [3.8, 4) is 11.8 Å². The Morgan fingerprint density at radius 1 is 1.07 bits per heavy atom. The molecule has 4 heteroatoms. The summed E-state index contributed by atoms with van der Waals surface area (Å²) in [7, 11) is 0. The topological polar surface area (TPSA) is 57.8 Å². The zero-order valence-corrected chi connectivity index (χ0v) is 15.4. The van der Waals surface area contributed by atoms with Gasteiger partial charge in [-0.3, -0.25) is 4.79 Å². The van der Waals surface area contributed by atoms with E-state index >= 15 is 0 Å². The molecule has 134 valence electrons. The molecule has 1 amide bonds. The predicted molar refractivity (Wildman–Crippen MR) is 107 cm³/mol. The van der Waals surface area contributed by atoms with E-state index in [0.717, 1.165) is 22.5 Å². The summed E-state index contributed by atoms with van der Waals surface area (Å²) in [4.78, 5) is 12.6. The van der Waals surface area contributed by atoms with Gasteiger partial charge in [0, 0.05) is 17.6 Å². The molecule has 1 N–H and O–H groups in total. The Balaban J connectivity index is 1.86. The van der Waals surface area contributed by atoms with E-state index in [4.69, 9.17) is 0 Å². The van der Waals surface area contributed by atoms with E-state index in [2.05, 4.69) is 5.32 Å². The molecular weight excluding hydrogens is 334 g/mol. The second-order valence-electron chi connectivity index (χ2n) is 6.37. The van der Waals surface area contributed by atoms with E-state index in [1.807, 2.05) is 97.4 Å². The SMILES string of the molecule is Cc1ccccc1-n1cccc1/C=C(/C#N)C(=O)N[C@H](C)c1ccccc1. The van der Waals surface area contributed by atoms with Crippen LogP contribution in [0.2, 0.25) is 0 Å². The van der Waals surface area contributed by atoms with Gasteiger partial charge in [0.2, 0.25) is 0 Å². The van der Waals surface area contributed by atoms with Gasteiger partial charge in [-0.15, -0.1) is 0 Å². The molecule has 27 heavy (non-hydrogen) atoms. The molecule has 0 fully saturated rings. The standard InChI is InChI=1S/C23H21N3O/c1-17-9-6-7-13-22(17)26-14-8-12-21(26)15-20(16-24)23(27)25-18(2)19-10-4-3-5-11-19/h3-15,18H,1-2H3,(H,25,27)/b20-15-/t18-/m1/s1. The van der Waals surface area contributed by atoms with Crippen LogP contribution in [0.5, 0.6) is 0 Å². The molecule has 1 atom stereocenters. The van der Waals surface area contributed by atoms with Crippen molar-refractivity contribution in [2.75, 3.05) is 0 Å². The Morgan fingerprint density at radius 3 is 2.48 bits per heavy atom. The first-order valence-corrected chi connectivity index (χ1v) is 8.81. The summed E-state index contributed by atoms with van der Waals surface area (Å²) >= 11 is 0. The number of nitrogens with one attached hydrogen (secondary N) is 1. The molecule has 0 unspecified atom stereocenters. The summed E-state index contributed by atoms with van der Waals surface area (Å²) in [5.74, 6) is -0.383. The summed E-state index contributed by atoms with van der Waals surface area (Å²) < 4.78 is 1.97. The number of benzene rings is 2. The van der Waals surface area contributed by atoms with Gasteiger partial charge < -0.3 is 9.88 Å². The number of hydrogen-bond donors (Lipinski definition) is 1. The molecule has 4 nitrogen and oxygen atoms in total. The first-order valence-electron chi connectivity index (χ1n) is 8.81. The number of para-hydroxylation sites is 1. The van der Waals surface area contributed by atoms with Crippen molar-refractivity contribution in [1.29, 1.82) is 5.26 Å². The van der Waals surface area contributed by atoms with Crippen LogP contribution in [0.3, 0.4) is 0 Å². The minimum absolute atomic E-state index is 0.0753. The fraction of sp³-hybridized carbons (Fsp3) is 0.130. The number of amides is 1. The molecule has 1 aromatic heterocycles. The maximum Gasteiger partial charge on any atom is 0.262 e. The zero-order chi connectivity index (χ0) is 19.2. The molecule has 0 bridgehead atoms. The second-order valence-corrected chi connectivity index (χ2v) is 6.37. The number of hydrogen-bond acceptors (Lipinski definition) is 2. The summed E-state index contributed by atoms with van der Waals surface area (Å²) in [6.45, 7) is 3.93. The Hall–Kier alpha value is -3.58. The Kier molecular flexibility index (Phi) is 5.53. The van der Waals surface area contributed by atoms with Gasteiger partial charge in [-0.25, -0.2) is 0 Å². The molecule has 0 aliphatic heterocycles. The maximum absolute atomic E-state index is 12.6. The highest BCUT2D eigenvalue weighted by atomic mass is 16.1. The Morgan fingerprint density at radius 2 is 1.78 bits per heavy atom. The lowest BCUT2D eigenvalue weighted by atomic mass is 10.1. The van der Waals surface area contributed by atoms with Gasteiger partial charge in [0.05, 0.1) is 6.04 Å². The molecule has 1 heterocycles. The number of rotatable bonds is 5. The number of nitrogens with zero attached hydrogens (tertiary/aromatic N) is 2. The third-order valence-corrected chi connectivity index (χ3v) is 4.46. The lowest BCUT2D eigenvalue weighted by Gasteiger charge is -2.14. The van der Waals surface area contributed by atoms with Crippen LogP contribution in [0.4, 0.5) is 0 Å². The number of carbonyl (C=O) groups is 1. The van der Waals surface area contributed by atoms with Crippen molar-refractivity contribution in [1.82, 2.24) is 9.88 Å². The number of aryl methyl sites for hydroxylation is 1. The van der Waals surface area contributed by atoms with Crippen molar-refractivity contribution < 1.29 is 4.79 Å². The van der Waals surface area contributed by atoms with Gasteiger partial charge >= 0.3 is 0 Å². The van der Waals surface area contributed by atoms with E-state index in [-0.39, 0.29) is 17.5 Å². The minimum atomic E-state index is -0.383. The number of carbonyl (C=O) groups excluding carboxylic acids is 1. The molecule has 3 aromatic rings. The Labute approximate surface area is 159 Å². The van der Waals surface area contributed by atoms with Gasteiger partial charge in [-0.05, 0) is 49.2 Å². The highest BCUT2D eigenvalue weighted by molar-refractivity contribution is 6.01. The average Bonchev–Trinajstić information content (AvgIpc) is 3.15. The lowest BCUT2D eigenvalue weighted by molar-refractivity contribution is -0.117. The highest BCUT2D eigenvalue weighted by Crippen LogP contribution is 2.19. The van der Waals surface area contributed by atoms with E-state index in [1.54, 1.807) is 6.08 Å². The number of aromatic nitrogens is 1. The van der Waals surface area contributed by atoms with Crippen molar-refractivity contribution in [3.63, 3.8) is 0 Å². The van der Waals surface area contributed by atoms with Crippen LogP contribution in [-0.4, -0.2) is 10.5 Å². The molecule has 0 radical (unpaired) electrons. The number of nitriles is 1. The second kappa shape index (κ2) is 8.20. The molecular formula is C23H21N3O. The summed E-state index contributed by atoms with van der Waals surface area (Å²) in [6, 6.07) is 23.3. The Bertz CT molecular complexity index is 1010. The van der Waals surface area contributed by atoms with Crippen LogP contribution in [0.25, 0.3) is 11.8 Å². The maximum atomic E-state index is 12.6. The van der Waals surface area contributed by atoms with Gasteiger partial charge in [-0.2, -0.15) is 5.26 Å². The molecule has 0 saturated heterocycles. The van der Waals surface area contributed by atoms with Gasteiger partial charge in [0.25, 0.3) is 5.91 Å². The summed E-state index contributed by atoms with van der Waals surface area (Å²) in [5, 5.41) is 12.4. The van der Waals surface area contributed by atoms with Gasteiger partial charge in [0.15, 0.2) is 0 Å². The van der Waals surface area contributed by atoms with Crippen LogP contribution in [-0.2, 0) is 4.79 Å². The molecule has 0 spiro atoms. The van der Waals surface area contributed by atoms with Gasteiger partial charge in [0.1, 0.15) is 11.6 Å². The van der Waals surface area contributed by atoms with Crippen molar-refractivity contribution in [2.45, 2.75) is 19.9 Å². The van der Waals surface area contributed by atoms with E-state index < -0.39 is 0 Å². The molecule has 0 aliphatic carbocycles. The zero-order valence-electron chi connectivity index (χ0n) is 15.4. The van der Waals surface area contributed by atoms with Crippen LogP contribution >= 0.6 is 0 Å². The van der Waals surface area contributed by atoms with Crippen molar-refractivity contribution in [2.24, 2.45) is 0 Å². The average molecular weight is 355 g/mol. The molecule has 0 saturated carbocycles. The fourth-order valence-corrected chi connectivity index (χ4v) is 2.96. The van der Waals surface area contributed by atoms with Crippen LogP contribution in [0.15, 0.2) is 78.5 Å². The summed E-state index contributed by atoms with van der Waals surface area (Å²) in [5.41, 5.74) is 3.98. The van der Waals surface area contributed by atoms with Crippen LogP contribution in [0.1, 0.15) is 29.8 Å². The molecule has 0 aliphatic rings. The van der Waals surface area contributed by atoms with Crippen molar-refractivity contribution >= 4 is 12.0 Å². The smallest absolute Gasteiger partial charge is 0.262 e. The quantitative estimate of drug-likeness (QED) is 0.538. The fourth-order valence-electron chi connectivity index (χ4n) is 2.96. The van der Waals surface area contributed by atoms with Crippen LogP contribution in [0, 0.1) is 18.3 Å². The molecule has 3 rings (SSSR count). The largest absolute Gasteiger partial charge is 0.345 e. The van der Waals surface area contributed by atoms with E-state index in [9.17, 15) is 10.1 Å². The van der Waals surface area contributed by atoms with E-state index in [1.165, 1.54) is 0 Å². The highest BCUT2D eigenvalue weighted by Gasteiger charge is 2.15. The first-order chi connectivity index (χ1) is 13.1. The lowest BCUT2D eigenvalue weighted by Crippen LogP contribution is -2.27. The normalized spacial score (nSPS) is 12.3. The monoisotopic (exact) mass is 355 g/mol. The third kappa shape index (κ3) is 4.16.